The minimum Gasteiger partial charge on any atom is -0.389 e. The second-order valence-corrected chi connectivity index (χ2v) is 5.18. The second kappa shape index (κ2) is 5.46. The molecule has 3 rings (SSSR count). The predicted octanol–water partition coefficient (Wildman–Crippen LogP) is 3.32. The summed E-state index contributed by atoms with van der Waals surface area (Å²) in [6.07, 6.45) is 3.49. The molecule has 0 aliphatic heterocycles. The number of para-hydroxylation sites is 1. The molecule has 4 nitrogen and oxygen atoms in total. The predicted molar refractivity (Wildman–Crippen MR) is 89.9 cm³/mol. The lowest BCUT2D eigenvalue weighted by molar-refractivity contribution is 1.20. The van der Waals surface area contributed by atoms with Gasteiger partial charge < -0.3 is 11.1 Å². The van der Waals surface area contributed by atoms with Gasteiger partial charge in [-0.3, -0.25) is 9.97 Å². The number of pyridine rings is 2. The summed E-state index contributed by atoms with van der Waals surface area (Å²) in [6.45, 7) is 1.95. The van der Waals surface area contributed by atoms with E-state index in [-0.39, 0.29) is 0 Å². The summed E-state index contributed by atoms with van der Waals surface area (Å²) in [4.78, 5) is 9.00. The van der Waals surface area contributed by atoms with E-state index in [9.17, 15) is 0 Å². The monoisotopic (exact) mass is 294 g/mol. The molecule has 0 saturated heterocycles. The van der Waals surface area contributed by atoms with Crippen molar-refractivity contribution in [3.05, 3.63) is 60.0 Å². The number of benzene rings is 1. The topological polar surface area (TPSA) is 63.8 Å². The smallest absolute Gasteiger partial charge is 0.107 e. The van der Waals surface area contributed by atoms with E-state index in [1.54, 1.807) is 12.4 Å². The van der Waals surface area contributed by atoms with Crippen molar-refractivity contribution in [3.63, 3.8) is 0 Å². The first-order valence-electron chi connectivity index (χ1n) is 6.52. The molecule has 0 atom stereocenters. The van der Waals surface area contributed by atoms with Crippen LogP contribution in [-0.4, -0.2) is 15.0 Å². The van der Waals surface area contributed by atoms with Crippen LogP contribution in [0.2, 0.25) is 0 Å². The van der Waals surface area contributed by atoms with Crippen LogP contribution < -0.4 is 11.1 Å². The van der Waals surface area contributed by atoms with E-state index < -0.39 is 0 Å². The Kier molecular flexibility index (Phi) is 3.50. The van der Waals surface area contributed by atoms with Crippen LogP contribution in [0.15, 0.2) is 48.8 Å². The van der Waals surface area contributed by atoms with Crippen molar-refractivity contribution in [2.75, 3.05) is 5.32 Å². The Hall–Kier alpha value is -2.53. The van der Waals surface area contributed by atoms with Crippen molar-refractivity contribution in [2.45, 2.75) is 6.92 Å². The third-order valence-corrected chi connectivity index (χ3v) is 3.44. The van der Waals surface area contributed by atoms with E-state index in [0.717, 1.165) is 33.5 Å². The Morgan fingerprint density at radius 2 is 1.90 bits per heavy atom. The summed E-state index contributed by atoms with van der Waals surface area (Å²) < 4.78 is 0. The lowest BCUT2D eigenvalue weighted by Gasteiger charge is -2.14. The van der Waals surface area contributed by atoms with Crippen molar-refractivity contribution in [1.29, 1.82) is 0 Å². The first-order valence-corrected chi connectivity index (χ1v) is 6.93. The molecule has 5 heteroatoms. The van der Waals surface area contributed by atoms with E-state index in [0.29, 0.717) is 4.99 Å². The van der Waals surface area contributed by atoms with Crippen molar-refractivity contribution in [3.8, 4) is 0 Å². The van der Waals surface area contributed by atoms with E-state index in [1.165, 1.54) is 0 Å². The molecule has 3 N–H and O–H groups in total. The fourth-order valence-corrected chi connectivity index (χ4v) is 2.30. The zero-order valence-corrected chi connectivity index (χ0v) is 12.3. The zero-order valence-electron chi connectivity index (χ0n) is 11.5. The molecule has 0 bridgehead atoms. The molecular formula is C16H14N4S. The number of nitrogens with zero attached hydrogens (tertiary/aromatic N) is 2. The van der Waals surface area contributed by atoms with Gasteiger partial charge in [0.25, 0.3) is 0 Å². The Morgan fingerprint density at radius 1 is 1.10 bits per heavy atom. The number of nitrogens with two attached hydrogens (primary N) is 1. The van der Waals surface area contributed by atoms with Crippen LogP contribution in [0.1, 0.15) is 11.3 Å². The molecular weight excluding hydrogens is 280 g/mol. The summed E-state index contributed by atoms with van der Waals surface area (Å²) >= 11 is 5.13. The largest absolute Gasteiger partial charge is 0.389 e. The van der Waals surface area contributed by atoms with Crippen LogP contribution in [0.25, 0.3) is 10.9 Å². The van der Waals surface area contributed by atoms with Gasteiger partial charge in [0, 0.05) is 17.3 Å². The van der Waals surface area contributed by atoms with Gasteiger partial charge in [-0.1, -0.05) is 30.4 Å². The van der Waals surface area contributed by atoms with E-state index in [2.05, 4.69) is 15.3 Å². The highest BCUT2D eigenvalue weighted by molar-refractivity contribution is 7.80. The quantitative estimate of drug-likeness (QED) is 0.726. The molecule has 2 heterocycles. The number of hydrogen-bond donors (Lipinski definition) is 2. The van der Waals surface area contributed by atoms with E-state index in [4.69, 9.17) is 18.0 Å². The maximum Gasteiger partial charge on any atom is 0.107 e. The molecule has 0 aliphatic rings. The molecule has 0 aliphatic carbocycles. The fourth-order valence-electron chi connectivity index (χ4n) is 2.15. The SMILES string of the molecule is Cc1ccc(Nc2c(C(N)=S)cnc3ccccc23)cn1. The van der Waals surface area contributed by atoms with Gasteiger partial charge in [0.2, 0.25) is 0 Å². The van der Waals surface area contributed by atoms with E-state index in [1.807, 2.05) is 43.3 Å². The molecule has 3 aromatic rings. The van der Waals surface area contributed by atoms with Gasteiger partial charge in [0.05, 0.1) is 28.7 Å². The number of rotatable bonds is 3. The Balaban J connectivity index is 2.16. The lowest BCUT2D eigenvalue weighted by Crippen LogP contribution is -2.13. The van der Waals surface area contributed by atoms with Gasteiger partial charge in [0.15, 0.2) is 0 Å². The number of hydrogen-bond acceptors (Lipinski definition) is 4. The molecule has 0 amide bonds. The lowest BCUT2D eigenvalue weighted by atomic mass is 10.1. The number of anilines is 2. The molecule has 0 fully saturated rings. The molecule has 0 saturated carbocycles. The number of aromatic nitrogens is 2. The highest BCUT2D eigenvalue weighted by atomic mass is 32.1. The molecule has 0 radical (unpaired) electrons. The average Bonchev–Trinajstić information content (AvgIpc) is 2.49. The van der Waals surface area contributed by atoms with Crippen molar-refractivity contribution in [2.24, 2.45) is 5.73 Å². The number of thiocarbonyl (C=S) groups is 1. The van der Waals surface area contributed by atoms with Gasteiger partial charge in [-0.15, -0.1) is 0 Å². The fraction of sp³-hybridized carbons (Fsp3) is 0.0625. The summed E-state index contributed by atoms with van der Waals surface area (Å²) in [7, 11) is 0. The summed E-state index contributed by atoms with van der Waals surface area (Å²) in [5.74, 6) is 0. The molecule has 0 spiro atoms. The summed E-state index contributed by atoms with van der Waals surface area (Å²) in [5.41, 5.74) is 10.1. The Labute approximate surface area is 128 Å². The van der Waals surface area contributed by atoms with Crippen LogP contribution in [0.5, 0.6) is 0 Å². The van der Waals surface area contributed by atoms with Crippen LogP contribution in [0.3, 0.4) is 0 Å². The number of aryl methyl sites for hydroxylation is 1. The highest BCUT2D eigenvalue weighted by Crippen LogP contribution is 2.28. The molecule has 2 aromatic heterocycles. The third-order valence-electron chi connectivity index (χ3n) is 3.22. The zero-order chi connectivity index (χ0) is 14.8. The van der Waals surface area contributed by atoms with Gasteiger partial charge in [-0.2, -0.15) is 0 Å². The third kappa shape index (κ3) is 2.68. The van der Waals surface area contributed by atoms with Crippen molar-refractivity contribution in [1.82, 2.24) is 9.97 Å². The van der Waals surface area contributed by atoms with Gasteiger partial charge in [0.1, 0.15) is 4.99 Å². The summed E-state index contributed by atoms with van der Waals surface area (Å²) in [6, 6.07) is 11.8. The molecule has 104 valence electrons. The first-order chi connectivity index (χ1) is 10.1. The first kappa shape index (κ1) is 13.5. The standard InChI is InChI=1S/C16H14N4S/c1-10-6-7-11(8-18-10)20-15-12-4-2-3-5-14(12)19-9-13(15)16(17)21/h2-9H,1H3,(H2,17,21)(H,19,20). The highest BCUT2D eigenvalue weighted by Gasteiger charge is 2.11. The summed E-state index contributed by atoms with van der Waals surface area (Å²) in [5, 5.41) is 4.33. The Bertz CT molecular complexity index is 812. The number of fused-ring (bicyclic) bond motifs is 1. The minimum absolute atomic E-state index is 0.316. The second-order valence-electron chi connectivity index (χ2n) is 4.74. The minimum atomic E-state index is 0.316. The van der Waals surface area contributed by atoms with Gasteiger partial charge in [-0.05, 0) is 25.1 Å². The molecule has 1 aromatic carbocycles. The number of nitrogens with one attached hydrogen (secondary N) is 1. The molecule has 21 heavy (non-hydrogen) atoms. The maximum atomic E-state index is 5.82. The average molecular weight is 294 g/mol. The maximum absolute atomic E-state index is 5.82. The normalized spacial score (nSPS) is 10.5. The van der Waals surface area contributed by atoms with Crippen LogP contribution >= 0.6 is 12.2 Å². The molecule has 0 unspecified atom stereocenters. The van der Waals surface area contributed by atoms with E-state index >= 15 is 0 Å². The van der Waals surface area contributed by atoms with Crippen molar-refractivity contribution >= 4 is 39.5 Å². The van der Waals surface area contributed by atoms with Gasteiger partial charge >= 0.3 is 0 Å². The van der Waals surface area contributed by atoms with Crippen molar-refractivity contribution < 1.29 is 0 Å². The van der Waals surface area contributed by atoms with Crippen LogP contribution in [0.4, 0.5) is 11.4 Å². The Morgan fingerprint density at radius 3 is 2.62 bits per heavy atom. The van der Waals surface area contributed by atoms with Gasteiger partial charge in [-0.25, -0.2) is 0 Å². The van der Waals surface area contributed by atoms with Crippen LogP contribution in [0, 0.1) is 6.92 Å². The van der Waals surface area contributed by atoms with Crippen LogP contribution in [-0.2, 0) is 0 Å².